The molecule has 4 rings (SSSR count). The number of thioether (sulfide) groups is 1. The van der Waals surface area contributed by atoms with Crippen LogP contribution in [0.15, 0.2) is 40.7 Å². The van der Waals surface area contributed by atoms with Gasteiger partial charge in [-0.3, -0.25) is 14.5 Å². The zero-order valence-electron chi connectivity index (χ0n) is 20.1. The van der Waals surface area contributed by atoms with Crippen LogP contribution < -0.4 is 10.2 Å². The quantitative estimate of drug-likeness (QED) is 0.345. The van der Waals surface area contributed by atoms with Crippen molar-refractivity contribution in [3.63, 3.8) is 0 Å². The summed E-state index contributed by atoms with van der Waals surface area (Å²) in [6.45, 7) is 9.97. The molecule has 0 spiro atoms. The van der Waals surface area contributed by atoms with Gasteiger partial charge in [-0.2, -0.15) is 5.10 Å². The molecule has 0 bridgehead atoms. The zero-order chi connectivity index (χ0) is 24.5. The van der Waals surface area contributed by atoms with Gasteiger partial charge in [0.1, 0.15) is 5.82 Å². The van der Waals surface area contributed by atoms with Crippen LogP contribution in [0, 0.1) is 0 Å². The maximum absolute atomic E-state index is 13.1. The van der Waals surface area contributed by atoms with Crippen molar-refractivity contribution in [2.24, 2.45) is 0 Å². The van der Waals surface area contributed by atoms with Crippen LogP contribution in [-0.4, -0.2) is 43.1 Å². The second kappa shape index (κ2) is 9.87. The average molecular weight is 499 g/mol. The van der Waals surface area contributed by atoms with E-state index >= 15 is 0 Å². The monoisotopic (exact) mass is 498 g/mol. The molecular formula is C24H30N6O2S2. The highest BCUT2D eigenvalue weighted by molar-refractivity contribution is 8.02. The molecule has 2 aromatic heterocycles. The molecule has 0 aliphatic heterocycles. The summed E-state index contributed by atoms with van der Waals surface area (Å²) in [5, 5.41) is 16.5. The predicted molar refractivity (Wildman–Crippen MR) is 137 cm³/mol. The van der Waals surface area contributed by atoms with Gasteiger partial charge in [0.05, 0.1) is 16.6 Å². The highest BCUT2D eigenvalue weighted by atomic mass is 32.2. The summed E-state index contributed by atoms with van der Waals surface area (Å²) in [7, 11) is 0. The van der Waals surface area contributed by atoms with Crippen molar-refractivity contribution >= 4 is 45.9 Å². The van der Waals surface area contributed by atoms with Gasteiger partial charge >= 0.3 is 0 Å². The van der Waals surface area contributed by atoms with E-state index in [1.165, 1.54) is 23.1 Å². The van der Waals surface area contributed by atoms with Crippen LogP contribution in [0.25, 0.3) is 5.69 Å². The number of amides is 2. The maximum atomic E-state index is 13.1. The Kier molecular flexibility index (Phi) is 7.09. The van der Waals surface area contributed by atoms with E-state index in [0.29, 0.717) is 21.7 Å². The minimum Gasteiger partial charge on any atom is -0.310 e. The van der Waals surface area contributed by atoms with Crippen LogP contribution in [0.1, 0.15) is 59.6 Å². The van der Waals surface area contributed by atoms with Gasteiger partial charge in [-0.25, -0.2) is 4.68 Å². The van der Waals surface area contributed by atoms with Crippen LogP contribution in [0.5, 0.6) is 0 Å². The Hall–Kier alpha value is -2.72. The Bertz CT molecular complexity index is 1160. The maximum Gasteiger partial charge on any atom is 0.238 e. The molecule has 3 aromatic rings. The van der Waals surface area contributed by atoms with Gasteiger partial charge in [-0.1, -0.05) is 69.0 Å². The topological polar surface area (TPSA) is 93.0 Å². The third-order valence-corrected chi connectivity index (χ3v) is 7.57. The Morgan fingerprint density at radius 3 is 2.56 bits per heavy atom. The van der Waals surface area contributed by atoms with E-state index in [9.17, 15) is 9.59 Å². The zero-order valence-corrected chi connectivity index (χ0v) is 21.7. The van der Waals surface area contributed by atoms with Crippen molar-refractivity contribution < 1.29 is 9.59 Å². The number of carbonyl (C=O) groups excluding carboxylic acids is 2. The molecule has 1 fully saturated rings. The van der Waals surface area contributed by atoms with Gasteiger partial charge in [0.25, 0.3) is 0 Å². The van der Waals surface area contributed by atoms with Gasteiger partial charge in [0.2, 0.25) is 16.9 Å². The van der Waals surface area contributed by atoms with E-state index in [1.54, 1.807) is 9.58 Å². The van der Waals surface area contributed by atoms with Crippen LogP contribution in [0.3, 0.4) is 0 Å². The van der Waals surface area contributed by atoms with E-state index in [1.807, 2.05) is 50.2 Å². The number of benzene rings is 1. The summed E-state index contributed by atoms with van der Waals surface area (Å²) < 4.78 is 2.43. The number of nitrogens with zero attached hydrogens (tertiary/aromatic N) is 5. The van der Waals surface area contributed by atoms with E-state index in [0.717, 1.165) is 24.2 Å². The van der Waals surface area contributed by atoms with Crippen molar-refractivity contribution in [3.8, 4) is 5.69 Å². The normalized spacial score (nSPS) is 14.6. The molecule has 1 unspecified atom stereocenters. The number of hydrogen-bond acceptors (Lipinski definition) is 7. The number of nitrogens with one attached hydrogen (secondary N) is 1. The first-order valence-corrected chi connectivity index (χ1v) is 13.2. The molecule has 2 heterocycles. The van der Waals surface area contributed by atoms with Gasteiger partial charge in [-0.15, -0.1) is 10.2 Å². The molecule has 180 valence electrons. The van der Waals surface area contributed by atoms with E-state index in [-0.39, 0.29) is 23.3 Å². The number of rotatable bonds is 8. The van der Waals surface area contributed by atoms with Crippen LogP contribution >= 0.6 is 23.1 Å². The molecule has 8 nitrogen and oxygen atoms in total. The van der Waals surface area contributed by atoms with Crippen molar-refractivity contribution in [1.29, 1.82) is 0 Å². The minimum absolute atomic E-state index is 0.0600. The lowest BCUT2D eigenvalue weighted by atomic mass is 9.92. The lowest BCUT2D eigenvalue weighted by molar-refractivity contribution is -0.118. The molecule has 1 atom stereocenters. The van der Waals surface area contributed by atoms with E-state index in [2.05, 4.69) is 36.3 Å². The summed E-state index contributed by atoms with van der Waals surface area (Å²) in [5.41, 5.74) is 1.61. The molecule has 34 heavy (non-hydrogen) atoms. The fourth-order valence-electron chi connectivity index (χ4n) is 3.35. The number of carbonyl (C=O) groups is 2. The fraction of sp³-hybridized carbons (Fsp3) is 0.458. The molecule has 1 saturated carbocycles. The van der Waals surface area contributed by atoms with Gasteiger partial charge in [-0.05, 0) is 31.9 Å². The number of anilines is 2. The average Bonchev–Trinajstić information content (AvgIpc) is 3.36. The first kappa shape index (κ1) is 24.4. The smallest absolute Gasteiger partial charge is 0.238 e. The third-order valence-electron chi connectivity index (χ3n) is 5.46. The number of aromatic nitrogens is 4. The molecule has 1 aliphatic rings. The number of para-hydroxylation sites is 1. The first-order valence-electron chi connectivity index (χ1n) is 11.5. The van der Waals surface area contributed by atoms with Crippen LogP contribution in [0.2, 0.25) is 0 Å². The lowest BCUT2D eigenvalue weighted by Gasteiger charge is -2.17. The molecular weight excluding hydrogens is 468 g/mol. The lowest BCUT2D eigenvalue weighted by Crippen LogP contribution is -2.32. The Morgan fingerprint density at radius 1 is 1.24 bits per heavy atom. The van der Waals surface area contributed by atoms with Crippen molar-refractivity contribution in [1.82, 2.24) is 20.0 Å². The van der Waals surface area contributed by atoms with Crippen LogP contribution in [0.4, 0.5) is 10.9 Å². The standard InChI is InChI=1S/C24H30N6O2S2/c1-6-20(31)29(16-12-13-16)22-26-27-23(34-22)33-15(2)21(32)25-19-14-18(24(3,4)5)28-30(19)17-10-8-7-9-11-17/h7-11,14-16H,6,12-13H2,1-5H3,(H,25,32). The van der Waals surface area contributed by atoms with E-state index in [4.69, 9.17) is 5.10 Å². The summed E-state index contributed by atoms with van der Waals surface area (Å²) in [6, 6.07) is 11.9. The Balaban J connectivity index is 1.49. The van der Waals surface area contributed by atoms with Gasteiger partial charge in [0, 0.05) is 23.9 Å². The molecule has 10 heteroatoms. The minimum atomic E-state index is -0.408. The molecule has 1 aromatic carbocycles. The second-order valence-electron chi connectivity index (χ2n) is 9.36. The Labute approximate surface area is 208 Å². The summed E-state index contributed by atoms with van der Waals surface area (Å²) in [6.07, 6.45) is 2.43. The van der Waals surface area contributed by atoms with Gasteiger partial charge < -0.3 is 5.32 Å². The largest absolute Gasteiger partial charge is 0.310 e. The molecule has 1 aliphatic carbocycles. The molecule has 1 N–H and O–H groups in total. The second-order valence-corrected chi connectivity index (χ2v) is 11.9. The third kappa shape index (κ3) is 5.50. The Morgan fingerprint density at radius 2 is 1.94 bits per heavy atom. The van der Waals surface area contributed by atoms with Crippen LogP contribution in [-0.2, 0) is 15.0 Å². The van der Waals surface area contributed by atoms with Crippen molar-refractivity contribution in [3.05, 3.63) is 42.1 Å². The SMILES string of the molecule is CCC(=O)N(c1nnc(SC(C)C(=O)Nc2cc(C(C)(C)C)nn2-c2ccccc2)s1)C1CC1. The highest BCUT2D eigenvalue weighted by Gasteiger charge is 2.35. The predicted octanol–water partition coefficient (Wildman–Crippen LogP) is 5.05. The summed E-state index contributed by atoms with van der Waals surface area (Å²) in [4.78, 5) is 27.2. The molecule has 2 amide bonds. The highest BCUT2D eigenvalue weighted by Crippen LogP contribution is 2.37. The van der Waals surface area contributed by atoms with Crippen molar-refractivity contribution in [2.45, 2.75) is 74.9 Å². The van der Waals surface area contributed by atoms with Gasteiger partial charge in [0.15, 0.2) is 4.34 Å². The first-order chi connectivity index (χ1) is 16.2. The molecule has 0 saturated heterocycles. The summed E-state index contributed by atoms with van der Waals surface area (Å²) in [5.74, 6) is 0.535. The fourth-order valence-corrected chi connectivity index (χ4v) is 5.43. The van der Waals surface area contributed by atoms with Crippen molar-refractivity contribution in [2.75, 3.05) is 10.2 Å². The summed E-state index contributed by atoms with van der Waals surface area (Å²) >= 11 is 2.70. The molecule has 0 radical (unpaired) electrons. The number of hydrogen-bond donors (Lipinski definition) is 1. The van der Waals surface area contributed by atoms with E-state index < -0.39 is 5.25 Å².